The molecule has 3 aromatic rings. The lowest BCUT2D eigenvalue weighted by Gasteiger charge is -2.27. The number of rotatable bonds is 13. The highest BCUT2D eigenvalue weighted by Gasteiger charge is 2.32. The van der Waals surface area contributed by atoms with Gasteiger partial charge >= 0.3 is 6.09 Å². The second kappa shape index (κ2) is 14.2. The summed E-state index contributed by atoms with van der Waals surface area (Å²) in [5, 5.41) is 10.1. The third-order valence-corrected chi connectivity index (χ3v) is 6.56. The van der Waals surface area contributed by atoms with Crippen LogP contribution in [0.15, 0.2) is 54.4 Å². The van der Waals surface area contributed by atoms with Crippen molar-refractivity contribution in [2.75, 3.05) is 0 Å². The van der Waals surface area contributed by atoms with Crippen LogP contribution >= 0.6 is 11.3 Å². The Morgan fingerprint density at radius 1 is 0.974 bits per heavy atom. The second-order valence-corrected chi connectivity index (χ2v) is 10.7. The van der Waals surface area contributed by atoms with E-state index in [2.05, 4.69) is 30.9 Å². The number of benzene rings is 1. The number of carbonyl (C=O) groups excluding carboxylic acids is 4. The van der Waals surface area contributed by atoms with Gasteiger partial charge in [-0.05, 0) is 30.4 Å². The standard InChI is InChI=1S/C27H34N6O5S/c1-16(2)12-21(32-25(36)22(17(3)4)33-27(37)38-19-8-6-5-7-9-19)24(35)31-20(13-18-14-28-15-30-18)23(34)26-29-10-11-39-26/h5-11,14-17,20-22H,12-13H2,1-4H3,(H,28,30)(H,31,35)(H,32,36)(H,33,37)/t20-,21-,22-/m0/s1. The average Bonchev–Trinajstić information content (AvgIpc) is 3.61. The number of aromatic amines is 1. The number of ether oxygens (including phenoxy) is 1. The fourth-order valence-electron chi connectivity index (χ4n) is 3.84. The molecule has 0 aliphatic carbocycles. The van der Waals surface area contributed by atoms with Gasteiger partial charge in [0.1, 0.15) is 23.9 Å². The number of H-pyrrole nitrogens is 1. The fraction of sp³-hybridized carbons (Fsp3) is 0.407. The van der Waals surface area contributed by atoms with E-state index < -0.39 is 36.0 Å². The van der Waals surface area contributed by atoms with Crippen LogP contribution in [0.5, 0.6) is 5.75 Å². The minimum atomic E-state index is -0.957. The summed E-state index contributed by atoms with van der Waals surface area (Å²) >= 11 is 1.18. The molecule has 0 saturated heterocycles. The first-order chi connectivity index (χ1) is 18.6. The molecule has 0 unspecified atom stereocenters. The van der Waals surface area contributed by atoms with Crippen LogP contribution in [0.4, 0.5) is 4.79 Å². The van der Waals surface area contributed by atoms with Crippen molar-refractivity contribution in [3.8, 4) is 5.75 Å². The number of imidazole rings is 1. The van der Waals surface area contributed by atoms with Crippen molar-refractivity contribution in [3.63, 3.8) is 0 Å². The smallest absolute Gasteiger partial charge is 0.410 e. The lowest BCUT2D eigenvalue weighted by atomic mass is 9.99. The van der Waals surface area contributed by atoms with Crippen molar-refractivity contribution >= 4 is 35.0 Å². The minimum Gasteiger partial charge on any atom is -0.410 e. The molecule has 4 N–H and O–H groups in total. The zero-order chi connectivity index (χ0) is 28.4. The average molecular weight is 555 g/mol. The second-order valence-electron chi connectivity index (χ2n) is 9.80. The Bertz CT molecular complexity index is 1210. The summed E-state index contributed by atoms with van der Waals surface area (Å²) in [4.78, 5) is 63.4. The molecule has 208 valence electrons. The van der Waals surface area contributed by atoms with Gasteiger partial charge in [-0.3, -0.25) is 14.4 Å². The van der Waals surface area contributed by atoms with Gasteiger partial charge in [-0.1, -0.05) is 45.9 Å². The van der Waals surface area contributed by atoms with Gasteiger partial charge in [0.05, 0.1) is 6.33 Å². The number of para-hydroxylation sites is 1. The highest BCUT2D eigenvalue weighted by Crippen LogP contribution is 2.14. The molecule has 0 saturated carbocycles. The minimum absolute atomic E-state index is 0.0512. The van der Waals surface area contributed by atoms with E-state index in [1.54, 1.807) is 55.8 Å². The van der Waals surface area contributed by atoms with Crippen LogP contribution in [0.25, 0.3) is 0 Å². The summed E-state index contributed by atoms with van der Waals surface area (Å²) in [6.45, 7) is 7.39. The summed E-state index contributed by atoms with van der Waals surface area (Å²) < 4.78 is 5.27. The Morgan fingerprint density at radius 3 is 2.28 bits per heavy atom. The maximum absolute atomic E-state index is 13.5. The number of ketones is 1. The van der Waals surface area contributed by atoms with E-state index >= 15 is 0 Å². The van der Waals surface area contributed by atoms with Crippen LogP contribution in [0.3, 0.4) is 0 Å². The van der Waals surface area contributed by atoms with Gasteiger partial charge in [0, 0.05) is 29.9 Å². The summed E-state index contributed by atoms with van der Waals surface area (Å²) in [5.74, 6) is -1.30. The molecular weight excluding hydrogens is 520 g/mol. The molecule has 11 nitrogen and oxygen atoms in total. The third kappa shape index (κ3) is 9.02. The highest BCUT2D eigenvalue weighted by molar-refractivity contribution is 7.11. The number of nitrogens with one attached hydrogen (secondary N) is 4. The quantitative estimate of drug-likeness (QED) is 0.237. The monoisotopic (exact) mass is 554 g/mol. The number of Topliss-reactive ketones (excluding diaryl/α,β-unsaturated/α-hetero) is 1. The molecule has 39 heavy (non-hydrogen) atoms. The van der Waals surface area contributed by atoms with E-state index in [-0.39, 0.29) is 29.0 Å². The molecule has 0 spiro atoms. The molecule has 3 rings (SSSR count). The number of aromatic nitrogens is 3. The maximum Gasteiger partial charge on any atom is 0.413 e. The maximum atomic E-state index is 13.5. The van der Waals surface area contributed by atoms with E-state index in [4.69, 9.17) is 4.74 Å². The fourth-order valence-corrected chi connectivity index (χ4v) is 4.47. The number of carbonyl (C=O) groups is 4. The molecule has 0 bridgehead atoms. The Morgan fingerprint density at radius 2 is 1.69 bits per heavy atom. The van der Waals surface area contributed by atoms with Crippen molar-refractivity contribution in [3.05, 3.63) is 65.1 Å². The van der Waals surface area contributed by atoms with E-state index in [0.29, 0.717) is 17.9 Å². The number of amides is 3. The van der Waals surface area contributed by atoms with Crippen LogP contribution in [0.1, 0.15) is 49.6 Å². The molecule has 3 amide bonds. The lowest BCUT2D eigenvalue weighted by molar-refractivity contribution is -0.131. The first kappa shape index (κ1) is 29.5. The predicted octanol–water partition coefficient (Wildman–Crippen LogP) is 3.12. The zero-order valence-electron chi connectivity index (χ0n) is 22.3. The van der Waals surface area contributed by atoms with Crippen molar-refractivity contribution < 1.29 is 23.9 Å². The summed E-state index contributed by atoms with van der Waals surface area (Å²) in [5.41, 5.74) is 0.663. The molecule has 3 atom stereocenters. The van der Waals surface area contributed by atoms with Gasteiger partial charge in [0.2, 0.25) is 17.6 Å². The van der Waals surface area contributed by atoms with Gasteiger partial charge in [0.25, 0.3) is 0 Å². The van der Waals surface area contributed by atoms with Crippen molar-refractivity contribution in [1.82, 2.24) is 30.9 Å². The molecule has 0 aliphatic rings. The largest absolute Gasteiger partial charge is 0.413 e. The van der Waals surface area contributed by atoms with Gasteiger partial charge in [-0.25, -0.2) is 14.8 Å². The van der Waals surface area contributed by atoms with Crippen LogP contribution in [0.2, 0.25) is 0 Å². The molecule has 0 aliphatic heterocycles. The van der Waals surface area contributed by atoms with E-state index in [9.17, 15) is 19.2 Å². The van der Waals surface area contributed by atoms with Crippen molar-refractivity contribution in [1.29, 1.82) is 0 Å². The first-order valence-electron chi connectivity index (χ1n) is 12.7. The van der Waals surface area contributed by atoms with Gasteiger partial charge in [0.15, 0.2) is 5.01 Å². The Hall–Kier alpha value is -4.06. The topological polar surface area (TPSA) is 155 Å². The van der Waals surface area contributed by atoms with Crippen LogP contribution in [-0.2, 0) is 16.0 Å². The lowest BCUT2D eigenvalue weighted by Crippen LogP contribution is -2.57. The summed E-state index contributed by atoms with van der Waals surface area (Å²) in [6, 6.07) is 5.67. The SMILES string of the molecule is CC(C)C[C@H](NC(=O)[C@@H](NC(=O)Oc1ccccc1)C(C)C)C(=O)N[C@@H](Cc1cnc[nH]1)C(=O)c1nccs1. The summed E-state index contributed by atoms with van der Waals surface area (Å²) in [6.07, 6.45) is 4.30. The Labute approximate surface area is 231 Å². The Kier molecular flexibility index (Phi) is 10.7. The normalized spacial score (nSPS) is 13.4. The number of thiazole rings is 1. The van der Waals surface area contributed by atoms with Crippen molar-refractivity contribution in [2.24, 2.45) is 11.8 Å². The number of nitrogens with zero attached hydrogens (tertiary/aromatic N) is 2. The highest BCUT2D eigenvalue weighted by atomic mass is 32.1. The van der Waals surface area contributed by atoms with Crippen molar-refractivity contribution in [2.45, 2.75) is 58.7 Å². The third-order valence-electron chi connectivity index (χ3n) is 5.77. The molecule has 2 heterocycles. The predicted molar refractivity (Wildman–Crippen MR) is 146 cm³/mol. The molecule has 0 fully saturated rings. The number of hydrogen-bond donors (Lipinski definition) is 4. The van der Waals surface area contributed by atoms with Crippen LogP contribution in [-0.4, -0.2) is 56.8 Å². The number of hydrogen-bond acceptors (Lipinski definition) is 8. The Balaban J connectivity index is 1.72. The molecule has 1 aromatic carbocycles. The van der Waals surface area contributed by atoms with Crippen LogP contribution in [0, 0.1) is 11.8 Å². The van der Waals surface area contributed by atoms with Gasteiger partial charge in [-0.2, -0.15) is 0 Å². The molecule has 0 radical (unpaired) electrons. The van der Waals surface area contributed by atoms with Gasteiger partial charge < -0.3 is 25.7 Å². The molecular formula is C27H34N6O5S. The molecule has 2 aromatic heterocycles. The van der Waals surface area contributed by atoms with E-state index in [1.165, 1.54) is 23.9 Å². The van der Waals surface area contributed by atoms with Crippen LogP contribution < -0.4 is 20.7 Å². The molecule has 12 heteroatoms. The first-order valence-corrected chi connectivity index (χ1v) is 13.6. The zero-order valence-corrected chi connectivity index (χ0v) is 23.2. The van der Waals surface area contributed by atoms with Gasteiger partial charge in [-0.15, -0.1) is 11.3 Å². The summed E-state index contributed by atoms with van der Waals surface area (Å²) in [7, 11) is 0. The van der Waals surface area contributed by atoms with E-state index in [0.717, 1.165) is 0 Å². The van der Waals surface area contributed by atoms with E-state index in [1.807, 2.05) is 13.8 Å².